The molecular formula is C17H22N2. The second kappa shape index (κ2) is 5.70. The van der Waals surface area contributed by atoms with E-state index in [9.17, 15) is 0 Å². The molecule has 1 aliphatic heterocycles. The van der Waals surface area contributed by atoms with Crippen LogP contribution >= 0.6 is 0 Å². The number of pyridine rings is 1. The van der Waals surface area contributed by atoms with Crippen LogP contribution in [0.3, 0.4) is 0 Å². The predicted molar refractivity (Wildman–Crippen MR) is 80.0 cm³/mol. The van der Waals surface area contributed by atoms with Gasteiger partial charge in [-0.3, -0.25) is 9.88 Å². The maximum atomic E-state index is 4.21. The summed E-state index contributed by atoms with van der Waals surface area (Å²) in [5, 5.41) is 2.61. The lowest BCUT2D eigenvalue weighted by Gasteiger charge is -2.32. The topological polar surface area (TPSA) is 16.1 Å². The highest BCUT2D eigenvalue weighted by Gasteiger charge is 2.18. The molecule has 2 heteroatoms. The second-order valence-electron chi connectivity index (χ2n) is 5.67. The normalized spacial score (nSPS) is 20.8. The maximum absolute atomic E-state index is 4.21. The molecule has 2 aromatic rings. The van der Waals surface area contributed by atoms with Crippen LogP contribution in [0.5, 0.6) is 0 Å². The summed E-state index contributed by atoms with van der Waals surface area (Å²) in [4.78, 5) is 6.83. The Hall–Kier alpha value is -1.41. The molecule has 1 saturated heterocycles. The van der Waals surface area contributed by atoms with Gasteiger partial charge in [-0.25, -0.2) is 0 Å². The molecule has 1 aromatic heterocycles. The predicted octanol–water partition coefficient (Wildman–Crippen LogP) is 3.86. The SMILES string of the molecule is CCC1CCCN(Cc2cccc3cnccc23)C1. The Morgan fingerprint density at radius 1 is 1.32 bits per heavy atom. The molecule has 0 bridgehead atoms. The highest BCUT2D eigenvalue weighted by atomic mass is 15.1. The van der Waals surface area contributed by atoms with Crippen molar-refractivity contribution in [3.8, 4) is 0 Å². The van der Waals surface area contributed by atoms with Crippen LogP contribution in [0.1, 0.15) is 31.7 Å². The number of fused-ring (bicyclic) bond motifs is 1. The number of aromatic nitrogens is 1. The number of rotatable bonds is 3. The lowest BCUT2D eigenvalue weighted by molar-refractivity contribution is 0.165. The molecule has 0 radical (unpaired) electrons. The van der Waals surface area contributed by atoms with Gasteiger partial charge >= 0.3 is 0 Å². The number of hydrogen-bond donors (Lipinski definition) is 0. The van der Waals surface area contributed by atoms with Crippen molar-refractivity contribution in [3.63, 3.8) is 0 Å². The van der Waals surface area contributed by atoms with Crippen molar-refractivity contribution in [3.05, 3.63) is 42.2 Å². The zero-order valence-electron chi connectivity index (χ0n) is 11.7. The molecule has 0 N–H and O–H groups in total. The first-order chi connectivity index (χ1) is 9.36. The quantitative estimate of drug-likeness (QED) is 0.827. The molecule has 100 valence electrons. The van der Waals surface area contributed by atoms with Gasteiger partial charge in [-0.05, 0) is 42.3 Å². The third-order valence-electron chi connectivity index (χ3n) is 4.35. The smallest absolute Gasteiger partial charge is 0.0346 e. The molecule has 1 fully saturated rings. The van der Waals surface area contributed by atoms with E-state index in [-0.39, 0.29) is 0 Å². The van der Waals surface area contributed by atoms with Gasteiger partial charge in [-0.1, -0.05) is 31.5 Å². The van der Waals surface area contributed by atoms with Crippen LogP contribution in [0.4, 0.5) is 0 Å². The van der Waals surface area contributed by atoms with Gasteiger partial charge in [0.05, 0.1) is 0 Å². The summed E-state index contributed by atoms with van der Waals surface area (Å²) in [6.07, 6.45) is 7.94. The summed E-state index contributed by atoms with van der Waals surface area (Å²) in [5.41, 5.74) is 1.44. The van der Waals surface area contributed by atoms with Crippen LogP contribution < -0.4 is 0 Å². The summed E-state index contributed by atoms with van der Waals surface area (Å²) in [7, 11) is 0. The van der Waals surface area contributed by atoms with E-state index in [0.29, 0.717) is 0 Å². The van der Waals surface area contributed by atoms with Crippen LogP contribution in [-0.2, 0) is 6.54 Å². The van der Waals surface area contributed by atoms with Crippen molar-refractivity contribution >= 4 is 10.8 Å². The lowest BCUT2D eigenvalue weighted by atomic mass is 9.95. The molecule has 3 rings (SSSR count). The van der Waals surface area contributed by atoms with Crippen molar-refractivity contribution in [2.24, 2.45) is 5.92 Å². The van der Waals surface area contributed by atoms with E-state index in [1.807, 2.05) is 12.4 Å². The third-order valence-corrected chi connectivity index (χ3v) is 4.35. The van der Waals surface area contributed by atoms with E-state index in [1.54, 1.807) is 0 Å². The average molecular weight is 254 g/mol. The van der Waals surface area contributed by atoms with E-state index in [2.05, 4.69) is 41.1 Å². The van der Waals surface area contributed by atoms with Gasteiger partial charge in [0, 0.05) is 30.9 Å². The van der Waals surface area contributed by atoms with Gasteiger partial charge in [0.15, 0.2) is 0 Å². The average Bonchev–Trinajstić information content (AvgIpc) is 2.48. The fourth-order valence-electron chi connectivity index (χ4n) is 3.20. The van der Waals surface area contributed by atoms with Crippen LogP contribution in [0.2, 0.25) is 0 Å². The van der Waals surface area contributed by atoms with Crippen molar-refractivity contribution in [2.45, 2.75) is 32.7 Å². The van der Waals surface area contributed by atoms with Gasteiger partial charge < -0.3 is 0 Å². The molecule has 1 aliphatic rings. The van der Waals surface area contributed by atoms with Gasteiger partial charge in [0.2, 0.25) is 0 Å². The molecule has 19 heavy (non-hydrogen) atoms. The minimum atomic E-state index is 0.894. The standard InChI is InChI=1S/C17H22N2/c1-2-14-5-4-10-19(12-14)13-16-7-3-6-15-11-18-9-8-17(15)16/h3,6-9,11,14H,2,4-5,10,12-13H2,1H3. The summed E-state index contributed by atoms with van der Waals surface area (Å²) >= 11 is 0. The third kappa shape index (κ3) is 2.79. The highest BCUT2D eigenvalue weighted by molar-refractivity contribution is 5.84. The Kier molecular flexibility index (Phi) is 3.79. The molecule has 0 amide bonds. The van der Waals surface area contributed by atoms with Crippen molar-refractivity contribution < 1.29 is 0 Å². The Balaban J connectivity index is 1.81. The second-order valence-corrected chi connectivity index (χ2v) is 5.67. The molecule has 2 heterocycles. The van der Waals surface area contributed by atoms with E-state index in [0.717, 1.165) is 12.5 Å². The van der Waals surface area contributed by atoms with Crippen molar-refractivity contribution in [1.29, 1.82) is 0 Å². The Bertz CT molecular complexity index is 544. The molecule has 2 nitrogen and oxygen atoms in total. The summed E-state index contributed by atoms with van der Waals surface area (Å²) < 4.78 is 0. The van der Waals surface area contributed by atoms with E-state index in [4.69, 9.17) is 0 Å². The van der Waals surface area contributed by atoms with Gasteiger partial charge in [-0.15, -0.1) is 0 Å². The number of nitrogens with zero attached hydrogens (tertiary/aromatic N) is 2. The van der Waals surface area contributed by atoms with Crippen molar-refractivity contribution in [2.75, 3.05) is 13.1 Å². The van der Waals surface area contributed by atoms with Crippen LogP contribution in [0, 0.1) is 5.92 Å². The van der Waals surface area contributed by atoms with Gasteiger partial charge in [0.25, 0.3) is 0 Å². The summed E-state index contributed by atoms with van der Waals surface area (Å²) in [5.74, 6) is 0.894. The fourth-order valence-corrected chi connectivity index (χ4v) is 3.20. The van der Waals surface area contributed by atoms with E-state index >= 15 is 0 Å². The molecular weight excluding hydrogens is 232 g/mol. The largest absolute Gasteiger partial charge is 0.299 e. The molecule has 1 atom stereocenters. The molecule has 1 unspecified atom stereocenters. The fraction of sp³-hybridized carbons (Fsp3) is 0.471. The molecule has 1 aromatic carbocycles. The number of hydrogen-bond acceptors (Lipinski definition) is 2. The Labute approximate surface area is 115 Å². The van der Waals surface area contributed by atoms with E-state index in [1.165, 1.54) is 48.7 Å². The summed E-state index contributed by atoms with van der Waals surface area (Å²) in [6.45, 7) is 5.91. The van der Waals surface area contributed by atoms with Crippen LogP contribution in [-0.4, -0.2) is 23.0 Å². The number of piperidine rings is 1. The first kappa shape index (κ1) is 12.6. The molecule has 0 spiro atoms. The zero-order valence-corrected chi connectivity index (χ0v) is 11.7. The molecule has 0 saturated carbocycles. The zero-order chi connectivity index (χ0) is 13.1. The monoisotopic (exact) mass is 254 g/mol. The first-order valence-electron chi connectivity index (χ1n) is 7.41. The Morgan fingerprint density at radius 2 is 2.26 bits per heavy atom. The van der Waals surface area contributed by atoms with Crippen LogP contribution in [0.25, 0.3) is 10.8 Å². The summed E-state index contributed by atoms with van der Waals surface area (Å²) in [6, 6.07) is 8.71. The minimum absolute atomic E-state index is 0.894. The first-order valence-corrected chi connectivity index (χ1v) is 7.41. The highest BCUT2D eigenvalue weighted by Crippen LogP contribution is 2.23. The van der Waals surface area contributed by atoms with Gasteiger partial charge in [-0.2, -0.15) is 0 Å². The van der Waals surface area contributed by atoms with Gasteiger partial charge in [0.1, 0.15) is 0 Å². The minimum Gasteiger partial charge on any atom is -0.299 e. The number of benzene rings is 1. The molecule has 0 aliphatic carbocycles. The van der Waals surface area contributed by atoms with Crippen molar-refractivity contribution in [1.82, 2.24) is 9.88 Å². The Morgan fingerprint density at radius 3 is 3.16 bits per heavy atom. The van der Waals surface area contributed by atoms with Crippen LogP contribution in [0.15, 0.2) is 36.7 Å². The lowest BCUT2D eigenvalue weighted by Crippen LogP contribution is -2.34. The number of likely N-dealkylation sites (tertiary alicyclic amines) is 1. The maximum Gasteiger partial charge on any atom is 0.0346 e. The van der Waals surface area contributed by atoms with E-state index < -0.39 is 0 Å².